The average Bonchev–Trinajstić information content (AvgIpc) is 3.46. The zero-order valence-electron chi connectivity index (χ0n) is 28.8. The molecule has 262 valence electrons. The van der Waals surface area contributed by atoms with Gasteiger partial charge < -0.3 is 41.0 Å². The van der Waals surface area contributed by atoms with E-state index in [0.29, 0.717) is 45.9 Å². The lowest BCUT2D eigenvalue weighted by atomic mass is 10.2. The minimum absolute atomic E-state index is 0.356. The number of aromatic nitrogens is 5. The monoisotopic (exact) mass is 673 g/mol. The zero-order valence-corrected chi connectivity index (χ0v) is 28.8. The van der Waals surface area contributed by atoms with E-state index in [2.05, 4.69) is 94.0 Å². The predicted octanol–water partition coefficient (Wildman–Crippen LogP) is 4.36. The van der Waals surface area contributed by atoms with Crippen molar-refractivity contribution in [2.24, 2.45) is 10.2 Å². The van der Waals surface area contributed by atoms with Crippen molar-refractivity contribution in [3.05, 3.63) is 52.9 Å². The first-order valence-electron chi connectivity index (χ1n) is 16.6. The molecule has 1 unspecified atom stereocenters. The van der Waals surface area contributed by atoms with E-state index in [4.69, 9.17) is 0 Å². The SMILES string of the molecule is CCN(C)CCCNc1nc(NCCCN(CC)CC)nc(Nc2ccc(N=NC(C(C)=O)C(=O)Nc3ccc4[nH]c(=O)[nH]c4c3)cc2)n1. The Morgan fingerprint density at radius 3 is 2.06 bits per heavy atom. The maximum atomic E-state index is 12.9. The number of H-pyrrole nitrogens is 2. The standard InChI is InChI=1S/C33H47N13O3/c1-6-45(5)19-9-17-34-30-40-31(35-18-10-20-46(7-2)8-3)42-32(41-30)37-23-11-13-24(14-12-23)43-44-28(22(4)47)29(48)36-25-15-16-26-27(21-25)39-33(49)38-26/h11-16,21,28H,6-10,17-20H2,1-5H3,(H,36,48)(H2,38,39,49)(H3,34,35,37,40,41,42). The van der Waals surface area contributed by atoms with E-state index in [-0.39, 0.29) is 5.69 Å². The highest BCUT2D eigenvalue weighted by Gasteiger charge is 2.23. The van der Waals surface area contributed by atoms with Crippen LogP contribution in [0.25, 0.3) is 11.0 Å². The fourth-order valence-corrected chi connectivity index (χ4v) is 4.84. The molecule has 0 fully saturated rings. The molecule has 0 saturated carbocycles. The minimum Gasteiger partial charge on any atom is -0.354 e. The van der Waals surface area contributed by atoms with E-state index in [1.807, 2.05) is 0 Å². The molecule has 4 rings (SSSR count). The molecule has 49 heavy (non-hydrogen) atoms. The van der Waals surface area contributed by atoms with Gasteiger partial charge in [-0.25, -0.2) is 4.79 Å². The van der Waals surface area contributed by atoms with E-state index >= 15 is 0 Å². The molecule has 0 saturated heterocycles. The van der Waals surface area contributed by atoms with Crippen LogP contribution < -0.4 is 27.0 Å². The Bertz CT molecular complexity index is 1750. The predicted molar refractivity (Wildman–Crippen MR) is 193 cm³/mol. The van der Waals surface area contributed by atoms with Crippen LogP contribution in [0, 0.1) is 0 Å². The normalized spacial score (nSPS) is 12.1. The van der Waals surface area contributed by atoms with Gasteiger partial charge in [0.25, 0.3) is 5.91 Å². The van der Waals surface area contributed by atoms with Gasteiger partial charge in [0, 0.05) is 24.5 Å². The number of imidazole rings is 1. The fourth-order valence-electron chi connectivity index (χ4n) is 4.84. The first kappa shape index (κ1) is 36.6. The molecule has 0 aliphatic carbocycles. The topological polar surface area (TPSA) is 201 Å². The summed E-state index contributed by atoms with van der Waals surface area (Å²) in [5.74, 6) is 0.221. The molecule has 1 atom stereocenters. The van der Waals surface area contributed by atoms with Crippen LogP contribution in [0.1, 0.15) is 40.5 Å². The Hall–Kier alpha value is -5.22. The summed E-state index contributed by atoms with van der Waals surface area (Å²) in [6.07, 6.45) is 1.90. The number of nitrogens with zero attached hydrogens (tertiary/aromatic N) is 7. The number of benzene rings is 2. The number of rotatable bonds is 20. The Kier molecular flexibility index (Phi) is 13.7. The molecule has 2 aromatic heterocycles. The van der Waals surface area contributed by atoms with Gasteiger partial charge in [-0.05, 0) is 102 Å². The quantitative estimate of drug-likeness (QED) is 0.0442. The Morgan fingerprint density at radius 1 is 0.816 bits per heavy atom. The first-order chi connectivity index (χ1) is 23.7. The van der Waals surface area contributed by atoms with Gasteiger partial charge in [0.1, 0.15) is 0 Å². The highest BCUT2D eigenvalue weighted by molar-refractivity contribution is 6.10. The van der Waals surface area contributed by atoms with Gasteiger partial charge in [-0.15, -0.1) is 0 Å². The molecule has 2 heterocycles. The number of amides is 1. The van der Waals surface area contributed by atoms with E-state index < -0.39 is 17.7 Å². The summed E-state index contributed by atoms with van der Waals surface area (Å²) in [4.78, 5) is 60.3. The number of carbonyl (C=O) groups is 2. The van der Waals surface area contributed by atoms with Crippen molar-refractivity contribution in [1.29, 1.82) is 0 Å². The smallest absolute Gasteiger partial charge is 0.323 e. The average molecular weight is 674 g/mol. The van der Waals surface area contributed by atoms with Crippen LogP contribution in [0.4, 0.5) is 34.9 Å². The van der Waals surface area contributed by atoms with Gasteiger partial charge in [0.2, 0.25) is 23.9 Å². The summed E-state index contributed by atoms with van der Waals surface area (Å²) in [5.41, 5.74) is 2.32. The molecule has 0 spiro atoms. The third-order valence-electron chi connectivity index (χ3n) is 7.83. The third kappa shape index (κ3) is 11.5. The second kappa shape index (κ2) is 18.4. The number of aromatic amines is 2. The Balaban J connectivity index is 1.40. The lowest BCUT2D eigenvalue weighted by molar-refractivity contribution is -0.126. The van der Waals surface area contributed by atoms with Gasteiger partial charge in [-0.2, -0.15) is 25.2 Å². The van der Waals surface area contributed by atoms with E-state index in [1.165, 1.54) is 6.92 Å². The second-order valence-electron chi connectivity index (χ2n) is 11.5. The molecule has 16 heteroatoms. The minimum atomic E-state index is -1.35. The summed E-state index contributed by atoms with van der Waals surface area (Å²) in [6, 6.07) is 10.5. The van der Waals surface area contributed by atoms with Crippen LogP contribution in [0.15, 0.2) is 57.5 Å². The number of anilines is 5. The van der Waals surface area contributed by atoms with Crippen molar-refractivity contribution in [2.45, 2.75) is 46.6 Å². The maximum Gasteiger partial charge on any atom is 0.323 e. The number of fused-ring (bicyclic) bond motifs is 1. The maximum absolute atomic E-state index is 12.9. The largest absolute Gasteiger partial charge is 0.354 e. The molecular weight excluding hydrogens is 626 g/mol. The van der Waals surface area contributed by atoms with E-state index in [0.717, 1.165) is 58.7 Å². The summed E-state index contributed by atoms with van der Waals surface area (Å²) in [7, 11) is 2.09. The van der Waals surface area contributed by atoms with E-state index in [9.17, 15) is 14.4 Å². The fraction of sp³-hybridized carbons (Fsp3) is 0.455. The molecule has 0 bridgehead atoms. The van der Waals surface area contributed by atoms with Gasteiger partial charge >= 0.3 is 5.69 Å². The summed E-state index contributed by atoms with van der Waals surface area (Å²) < 4.78 is 0. The first-order valence-corrected chi connectivity index (χ1v) is 16.6. The lowest BCUT2D eigenvalue weighted by Gasteiger charge is -2.18. The molecule has 0 radical (unpaired) electrons. The summed E-state index contributed by atoms with van der Waals surface area (Å²) >= 11 is 0. The molecular formula is C33H47N13O3. The van der Waals surface area contributed by atoms with Crippen molar-refractivity contribution in [3.8, 4) is 0 Å². The lowest BCUT2D eigenvalue weighted by Crippen LogP contribution is -2.31. The van der Waals surface area contributed by atoms with Crippen LogP contribution >= 0.6 is 0 Å². The molecule has 6 N–H and O–H groups in total. The van der Waals surface area contributed by atoms with Crippen molar-refractivity contribution < 1.29 is 9.59 Å². The van der Waals surface area contributed by atoms with Crippen LogP contribution in [0.2, 0.25) is 0 Å². The van der Waals surface area contributed by atoms with Crippen LogP contribution in [-0.2, 0) is 9.59 Å². The zero-order chi connectivity index (χ0) is 35.2. The number of azo groups is 1. The molecule has 4 aromatic rings. The molecule has 0 aliphatic rings. The second-order valence-corrected chi connectivity index (χ2v) is 11.5. The highest BCUT2D eigenvalue weighted by atomic mass is 16.2. The third-order valence-corrected chi connectivity index (χ3v) is 7.83. The highest BCUT2D eigenvalue weighted by Crippen LogP contribution is 2.21. The molecule has 2 aromatic carbocycles. The van der Waals surface area contributed by atoms with Crippen LogP contribution in [0.3, 0.4) is 0 Å². The van der Waals surface area contributed by atoms with Crippen molar-refractivity contribution in [3.63, 3.8) is 0 Å². The summed E-state index contributed by atoms with van der Waals surface area (Å²) in [6.45, 7) is 14.1. The summed E-state index contributed by atoms with van der Waals surface area (Å²) in [5, 5.41) is 20.7. The number of Topliss-reactive ketones (excluding diaryl/α,β-unsaturated/α-hetero) is 1. The van der Waals surface area contributed by atoms with Gasteiger partial charge in [0.05, 0.1) is 16.7 Å². The number of ketones is 1. The molecule has 0 aliphatic heterocycles. The van der Waals surface area contributed by atoms with Crippen LogP contribution in [0.5, 0.6) is 0 Å². The van der Waals surface area contributed by atoms with Crippen molar-refractivity contribution >= 4 is 57.6 Å². The van der Waals surface area contributed by atoms with Crippen LogP contribution in [-0.4, -0.2) is 105 Å². The van der Waals surface area contributed by atoms with Gasteiger partial charge in [0.15, 0.2) is 5.78 Å². The molecule has 16 nitrogen and oxygen atoms in total. The van der Waals surface area contributed by atoms with Gasteiger partial charge in [-0.3, -0.25) is 9.59 Å². The number of hydrogen-bond acceptors (Lipinski definition) is 13. The number of carbonyl (C=O) groups excluding carboxylic acids is 2. The van der Waals surface area contributed by atoms with Crippen molar-refractivity contribution in [1.82, 2.24) is 34.7 Å². The Labute approximate surface area is 285 Å². The van der Waals surface area contributed by atoms with Gasteiger partial charge in [-0.1, -0.05) is 20.8 Å². The molecule has 1 amide bonds. The Morgan fingerprint density at radius 2 is 1.43 bits per heavy atom. The van der Waals surface area contributed by atoms with E-state index in [1.54, 1.807) is 42.5 Å². The van der Waals surface area contributed by atoms with Crippen molar-refractivity contribution in [2.75, 3.05) is 74.1 Å². The number of hydrogen-bond donors (Lipinski definition) is 6. The number of nitrogens with one attached hydrogen (secondary N) is 6.